The molecule has 3 nitrogen and oxygen atoms in total. The molecule has 6 aromatic rings. The van der Waals surface area contributed by atoms with E-state index < -0.39 is 0 Å². The van der Waals surface area contributed by atoms with E-state index >= 15 is 0 Å². The van der Waals surface area contributed by atoms with Gasteiger partial charge in [0.25, 0.3) is 0 Å². The van der Waals surface area contributed by atoms with Gasteiger partial charge < -0.3 is 13.9 Å². The molecule has 6 rings (SSSR count). The number of aryl methyl sites for hydroxylation is 2. The summed E-state index contributed by atoms with van der Waals surface area (Å²) in [6, 6.07) is 22.7. The van der Waals surface area contributed by atoms with E-state index in [0.29, 0.717) is 0 Å². The van der Waals surface area contributed by atoms with Crippen LogP contribution in [0.1, 0.15) is 45.4 Å². The van der Waals surface area contributed by atoms with Crippen LogP contribution in [-0.2, 0) is 14.1 Å². The minimum absolute atomic E-state index is 0.789. The maximum absolute atomic E-state index is 6.23. The maximum Gasteiger partial charge on any atom is 0.194 e. The van der Waals surface area contributed by atoms with Crippen LogP contribution in [-0.4, -0.2) is 15.7 Å². The topological polar surface area (TPSA) is 19.1 Å². The largest absolute Gasteiger partial charge is 0.479 e. The van der Waals surface area contributed by atoms with Crippen molar-refractivity contribution < 1.29 is 4.74 Å². The molecular weight excluding hydrogens is 428 g/mol. The number of unbranched alkanes of at least 4 members (excludes halogenated alkanes) is 5. The van der Waals surface area contributed by atoms with Crippen LogP contribution in [0.2, 0.25) is 0 Å². The van der Waals surface area contributed by atoms with Crippen LogP contribution in [0.25, 0.3) is 54.1 Å². The van der Waals surface area contributed by atoms with Crippen LogP contribution < -0.4 is 4.74 Å². The SMILES string of the molecule is CCCCCCCCOc1cc2c3ccc4c(ccc5c4ccc4c5ccn4C)c3ccc2n1C. The lowest BCUT2D eigenvalue weighted by Crippen LogP contribution is -2.01. The van der Waals surface area contributed by atoms with Gasteiger partial charge in [0.15, 0.2) is 5.88 Å². The summed E-state index contributed by atoms with van der Waals surface area (Å²) in [7, 11) is 4.23. The second kappa shape index (κ2) is 8.96. The molecule has 0 bridgehead atoms. The lowest BCUT2D eigenvalue weighted by atomic mass is 9.94. The molecule has 35 heavy (non-hydrogen) atoms. The molecular formula is C32H34N2O. The Balaban J connectivity index is 1.38. The highest BCUT2D eigenvalue weighted by molar-refractivity contribution is 6.24. The first-order chi connectivity index (χ1) is 17.2. The van der Waals surface area contributed by atoms with E-state index in [1.54, 1.807) is 0 Å². The molecule has 0 spiro atoms. The number of fused-ring (bicyclic) bond motifs is 9. The third-order valence-electron chi connectivity index (χ3n) is 7.78. The van der Waals surface area contributed by atoms with Crippen molar-refractivity contribution in [3.05, 3.63) is 66.9 Å². The molecule has 0 radical (unpaired) electrons. The van der Waals surface area contributed by atoms with Gasteiger partial charge >= 0.3 is 0 Å². The molecule has 0 fully saturated rings. The zero-order valence-corrected chi connectivity index (χ0v) is 21.1. The van der Waals surface area contributed by atoms with Crippen molar-refractivity contribution in [2.24, 2.45) is 14.1 Å². The third-order valence-corrected chi connectivity index (χ3v) is 7.78. The summed E-state index contributed by atoms with van der Waals surface area (Å²) in [5, 5.41) is 10.4. The molecule has 178 valence electrons. The monoisotopic (exact) mass is 462 g/mol. The lowest BCUT2D eigenvalue weighted by Gasteiger charge is -2.10. The Hall–Kier alpha value is -3.46. The van der Waals surface area contributed by atoms with E-state index in [9.17, 15) is 0 Å². The number of ether oxygens (including phenoxy) is 1. The summed E-state index contributed by atoms with van der Waals surface area (Å²) < 4.78 is 10.6. The summed E-state index contributed by atoms with van der Waals surface area (Å²) >= 11 is 0. The zero-order chi connectivity index (χ0) is 23.9. The summed E-state index contributed by atoms with van der Waals surface area (Å²) in [5.74, 6) is 0.964. The first kappa shape index (κ1) is 22.0. The summed E-state index contributed by atoms with van der Waals surface area (Å²) in [6.07, 6.45) is 9.82. The minimum atomic E-state index is 0.789. The second-order valence-electron chi connectivity index (χ2n) is 10.00. The lowest BCUT2D eigenvalue weighted by molar-refractivity contribution is 0.285. The van der Waals surface area contributed by atoms with Crippen molar-refractivity contribution in [1.82, 2.24) is 9.13 Å². The number of hydrogen-bond acceptors (Lipinski definition) is 1. The van der Waals surface area contributed by atoms with E-state index in [1.165, 1.54) is 86.2 Å². The van der Waals surface area contributed by atoms with Crippen molar-refractivity contribution in [3.8, 4) is 5.88 Å². The van der Waals surface area contributed by atoms with Crippen LogP contribution in [0, 0.1) is 0 Å². The van der Waals surface area contributed by atoms with Crippen molar-refractivity contribution in [1.29, 1.82) is 0 Å². The number of nitrogens with zero attached hydrogens (tertiary/aromatic N) is 2. The van der Waals surface area contributed by atoms with Gasteiger partial charge in [-0.3, -0.25) is 0 Å². The first-order valence-electron chi connectivity index (χ1n) is 13.1. The normalized spacial score (nSPS) is 12.1. The van der Waals surface area contributed by atoms with E-state index in [4.69, 9.17) is 4.74 Å². The number of aromatic nitrogens is 2. The molecule has 2 aromatic heterocycles. The molecule has 0 atom stereocenters. The highest BCUT2D eigenvalue weighted by atomic mass is 16.5. The van der Waals surface area contributed by atoms with Gasteiger partial charge in [0.1, 0.15) is 0 Å². The van der Waals surface area contributed by atoms with Gasteiger partial charge in [-0.15, -0.1) is 0 Å². The molecule has 3 heteroatoms. The number of rotatable bonds is 8. The van der Waals surface area contributed by atoms with Crippen molar-refractivity contribution in [3.63, 3.8) is 0 Å². The second-order valence-corrected chi connectivity index (χ2v) is 10.00. The summed E-state index contributed by atoms with van der Waals surface area (Å²) in [5.41, 5.74) is 2.50. The van der Waals surface area contributed by atoms with E-state index in [-0.39, 0.29) is 0 Å². The molecule has 0 saturated heterocycles. The van der Waals surface area contributed by atoms with Crippen molar-refractivity contribution in [2.45, 2.75) is 45.4 Å². The maximum atomic E-state index is 6.23. The molecule has 2 heterocycles. The quantitative estimate of drug-likeness (QED) is 0.163. The van der Waals surface area contributed by atoms with Crippen LogP contribution in [0.4, 0.5) is 0 Å². The summed E-state index contributed by atoms with van der Waals surface area (Å²) in [4.78, 5) is 0. The smallest absolute Gasteiger partial charge is 0.194 e. The average molecular weight is 463 g/mol. The standard InChI is InChI=1S/C32H34N2O/c1-4-5-6-7-8-9-20-35-32-21-29-27-13-11-22-23(25(27)15-17-31(29)34(32)3)10-12-26-24(22)14-16-30-28(26)18-19-33(30)2/h10-19,21H,4-9,20H2,1-3H3. The average Bonchev–Trinajstić information content (AvgIpc) is 3.42. The minimum Gasteiger partial charge on any atom is -0.479 e. The number of hydrogen-bond donors (Lipinski definition) is 0. The number of benzene rings is 4. The Labute approximate surface area is 206 Å². The molecule has 0 saturated carbocycles. The molecule has 0 aliphatic rings. The van der Waals surface area contributed by atoms with Gasteiger partial charge in [-0.2, -0.15) is 0 Å². The third kappa shape index (κ3) is 3.65. The predicted octanol–water partition coefficient (Wildman–Crippen LogP) is 8.87. The van der Waals surface area contributed by atoms with Crippen LogP contribution in [0.3, 0.4) is 0 Å². The van der Waals surface area contributed by atoms with Crippen molar-refractivity contribution in [2.75, 3.05) is 6.61 Å². The first-order valence-corrected chi connectivity index (χ1v) is 13.1. The van der Waals surface area contributed by atoms with Gasteiger partial charge in [-0.25, -0.2) is 0 Å². The van der Waals surface area contributed by atoms with Crippen molar-refractivity contribution >= 4 is 54.1 Å². The van der Waals surface area contributed by atoms with E-state index in [1.807, 2.05) is 0 Å². The predicted molar refractivity (Wildman–Crippen MR) is 151 cm³/mol. The Morgan fingerprint density at radius 3 is 1.80 bits per heavy atom. The fourth-order valence-electron chi connectivity index (χ4n) is 5.79. The molecule has 0 aliphatic carbocycles. The van der Waals surface area contributed by atoms with Gasteiger partial charge in [0.2, 0.25) is 0 Å². The summed E-state index contributed by atoms with van der Waals surface area (Å²) in [6.45, 7) is 3.05. The Kier molecular flexibility index (Phi) is 5.64. The fourth-order valence-corrected chi connectivity index (χ4v) is 5.79. The molecule has 0 amide bonds. The van der Waals surface area contributed by atoms with Gasteiger partial charge in [0.05, 0.1) is 12.1 Å². The van der Waals surface area contributed by atoms with Crippen LogP contribution in [0.15, 0.2) is 66.9 Å². The highest BCUT2D eigenvalue weighted by Gasteiger charge is 2.13. The van der Waals surface area contributed by atoms with E-state index in [2.05, 4.69) is 97.0 Å². The van der Waals surface area contributed by atoms with Gasteiger partial charge in [-0.05, 0) is 56.9 Å². The Bertz CT molecular complexity index is 1680. The van der Waals surface area contributed by atoms with E-state index in [0.717, 1.165) is 18.9 Å². The fraction of sp³-hybridized carbons (Fsp3) is 0.312. The van der Waals surface area contributed by atoms with Gasteiger partial charge in [0, 0.05) is 42.6 Å². The van der Waals surface area contributed by atoms with Gasteiger partial charge in [-0.1, -0.05) is 75.4 Å². The molecule has 0 N–H and O–H groups in total. The van der Waals surface area contributed by atoms with Crippen LogP contribution >= 0.6 is 0 Å². The molecule has 0 unspecified atom stereocenters. The Morgan fingerprint density at radius 1 is 0.571 bits per heavy atom. The highest BCUT2D eigenvalue weighted by Crippen LogP contribution is 2.38. The Morgan fingerprint density at radius 2 is 1.11 bits per heavy atom. The molecule has 0 aliphatic heterocycles. The zero-order valence-electron chi connectivity index (χ0n) is 21.1. The van der Waals surface area contributed by atoms with Crippen LogP contribution in [0.5, 0.6) is 5.88 Å². The molecule has 4 aromatic carbocycles.